The lowest BCUT2D eigenvalue weighted by atomic mass is 10.1. The summed E-state index contributed by atoms with van der Waals surface area (Å²) in [6.07, 6.45) is 1.95. The van der Waals surface area contributed by atoms with Gasteiger partial charge in [0.2, 0.25) is 0 Å². The van der Waals surface area contributed by atoms with Gasteiger partial charge in [-0.3, -0.25) is 0 Å². The molecule has 15 heavy (non-hydrogen) atoms. The number of rotatable bonds is 3. The van der Waals surface area contributed by atoms with Gasteiger partial charge < -0.3 is 15.0 Å². The van der Waals surface area contributed by atoms with Gasteiger partial charge in [-0.15, -0.1) is 0 Å². The maximum absolute atomic E-state index is 5.73. The van der Waals surface area contributed by atoms with E-state index in [-0.39, 0.29) is 0 Å². The quantitative estimate of drug-likeness (QED) is 0.795. The van der Waals surface area contributed by atoms with Crippen LogP contribution in [0.4, 0.5) is 0 Å². The first-order valence-corrected chi connectivity index (χ1v) is 5.32. The highest BCUT2D eigenvalue weighted by Gasteiger charge is 2.16. The molecule has 2 N–H and O–H groups in total. The lowest BCUT2D eigenvalue weighted by Crippen LogP contribution is -2.45. The monoisotopic (exact) mass is 202 g/mol. The molecule has 2 aromatic rings. The minimum Gasteiger partial charge on any atom is -0.493 e. The molecule has 0 saturated carbocycles. The summed E-state index contributed by atoms with van der Waals surface area (Å²) in [6.45, 7) is 2.99. The molecule has 1 aromatic heterocycles. The van der Waals surface area contributed by atoms with Crippen molar-refractivity contribution < 1.29 is 4.74 Å². The Labute approximate surface area is 88.4 Å². The van der Waals surface area contributed by atoms with Crippen molar-refractivity contribution in [2.75, 3.05) is 19.7 Å². The van der Waals surface area contributed by atoms with Crippen LogP contribution in [-0.2, 0) is 0 Å². The SMILES string of the molecule is c1cc2ccc(OCC3CNC3)cc2[nH]1. The van der Waals surface area contributed by atoms with E-state index in [4.69, 9.17) is 4.74 Å². The van der Waals surface area contributed by atoms with Gasteiger partial charge >= 0.3 is 0 Å². The zero-order valence-electron chi connectivity index (χ0n) is 8.49. The molecule has 0 atom stereocenters. The van der Waals surface area contributed by atoms with Gasteiger partial charge in [-0.25, -0.2) is 0 Å². The summed E-state index contributed by atoms with van der Waals surface area (Å²) in [4.78, 5) is 3.18. The minimum absolute atomic E-state index is 0.685. The van der Waals surface area contributed by atoms with E-state index in [0.717, 1.165) is 31.0 Å². The zero-order chi connectivity index (χ0) is 10.1. The van der Waals surface area contributed by atoms with Gasteiger partial charge in [0.15, 0.2) is 0 Å². The lowest BCUT2D eigenvalue weighted by Gasteiger charge is -2.26. The molecule has 0 aliphatic carbocycles. The Morgan fingerprint density at radius 2 is 2.20 bits per heavy atom. The number of aromatic nitrogens is 1. The molecule has 0 unspecified atom stereocenters. The Morgan fingerprint density at radius 1 is 1.27 bits per heavy atom. The van der Waals surface area contributed by atoms with Gasteiger partial charge in [-0.2, -0.15) is 0 Å². The van der Waals surface area contributed by atoms with E-state index < -0.39 is 0 Å². The number of ether oxygens (including phenoxy) is 1. The van der Waals surface area contributed by atoms with Crippen LogP contribution in [0.3, 0.4) is 0 Å². The predicted octanol–water partition coefficient (Wildman–Crippen LogP) is 1.77. The van der Waals surface area contributed by atoms with Gasteiger partial charge in [0.25, 0.3) is 0 Å². The van der Waals surface area contributed by atoms with Crippen molar-refractivity contribution in [2.24, 2.45) is 5.92 Å². The summed E-state index contributed by atoms with van der Waals surface area (Å²) in [6, 6.07) is 8.23. The first-order valence-electron chi connectivity index (χ1n) is 5.32. The fourth-order valence-electron chi connectivity index (χ4n) is 1.80. The molecule has 78 valence electrons. The van der Waals surface area contributed by atoms with Crippen molar-refractivity contribution in [3.8, 4) is 5.75 Å². The molecular weight excluding hydrogens is 188 g/mol. The van der Waals surface area contributed by atoms with Crippen LogP contribution in [0.25, 0.3) is 10.9 Å². The van der Waals surface area contributed by atoms with Crippen molar-refractivity contribution in [1.29, 1.82) is 0 Å². The van der Waals surface area contributed by atoms with Crippen LogP contribution < -0.4 is 10.1 Å². The first-order chi connectivity index (χ1) is 7.42. The molecular formula is C12H14N2O. The van der Waals surface area contributed by atoms with Crippen LogP contribution in [0.2, 0.25) is 0 Å². The number of hydrogen-bond acceptors (Lipinski definition) is 2. The largest absolute Gasteiger partial charge is 0.493 e. The normalized spacial score (nSPS) is 16.5. The molecule has 0 bridgehead atoms. The second-order valence-corrected chi connectivity index (χ2v) is 4.06. The van der Waals surface area contributed by atoms with Crippen LogP contribution >= 0.6 is 0 Å². The van der Waals surface area contributed by atoms with Gasteiger partial charge in [0.1, 0.15) is 5.75 Å². The smallest absolute Gasteiger partial charge is 0.121 e. The molecule has 1 aromatic carbocycles. The van der Waals surface area contributed by atoms with Gasteiger partial charge in [0, 0.05) is 36.8 Å². The molecule has 3 heteroatoms. The maximum Gasteiger partial charge on any atom is 0.121 e. The van der Waals surface area contributed by atoms with E-state index in [1.54, 1.807) is 0 Å². The van der Waals surface area contributed by atoms with Crippen LogP contribution in [0.5, 0.6) is 5.75 Å². The molecule has 0 spiro atoms. The van der Waals surface area contributed by atoms with Crippen LogP contribution in [-0.4, -0.2) is 24.7 Å². The number of aromatic amines is 1. The number of fused-ring (bicyclic) bond motifs is 1. The summed E-state index contributed by atoms with van der Waals surface area (Å²) >= 11 is 0. The number of hydrogen-bond donors (Lipinski definition) is 2. The molecule has 2 heterocycles. The molecule has 3 rings (SSSR count). The zero-order valence-corrected chi connectivity index (χ0v) is 8.49. The van der Waals surface area contributed by atoms with Crippen molar-refractivity contribution in [3.63, 3.8) is 0 Å². The van der Waals surface area contributed by atoms with E-state index in [1.807, 2.05) is 12.3 Å². The van der Waals surface area contributed by atoms with Crippen molar-refractivity contribution >= 4 is 10.9 Å². The molecule has 1 fully saturated rings. The average Bonchev–Trinajstić information content (AvgIpc) is 2.62. The maximum atomic E-state index is 5.73. The average molecular weight is 202 g/mol. The third-order valence-electron chi connectivity index (χ3n) is 2.88. The number of nitrogens with one attached hydrogen (secondary N) is 2. The van der Waals surface area contributed by atoms with E-state index >= 15 is 0 Å². The number of benzene rings is 1. The van der Waals surface area contributed by atoms with Crippen LogP contribution in [0, 0.1) is 5.92 Å². The molecule has 0 amide bonds. The predicted molar refractivity (Wildman–Crippen MR) is 60.2 cm³/mol. The fraction of sp³-hybridized carbons (Fsp3) is 0.333. The Bertz CT molecular complexity index is 459. The van der Waals surface area contributed by atoms with E-state index in [0.29, 0.717) is 5.92 Å². The third kappa shape index (κ3) is 1.70. The molecule has 1 aliphatic rings. The fourth-order valence-corrected chi connectivity index (χ4v) is 1.80. The van der Waals surface area contributed by atoms with Crippen molar-refractivity contribution in [3.05, 3.63) is 30.5 Å². The minimum atomic E-state index is 0.685. The lowest BCUT2D eigenvalue weighted by molar-refractivity contribution is 0.199. The summed E-state index contributed by atoms with van der Waals surface area (Å²) in [5, 5.41) is 4.47. The second-order valence-electron chi connectivity index (χ2n) is 4.06. The number of H-pyrrole nitrogens is 1. The van der Waals surface area contributed by atoms with E-state index in [2.05, 4.69) is 28.5 Å². The van der Waals surface area contributed by atoms with Gasteiger partial charge in [0.05, 0.1) is 6.61 Å². The van der Waals surface area contributed by atoms with Gasteiger partial charge in [-0.05, 0) is 23.6 Å². The highest BCUT2D eigenvalue weighted by atomic mass is 16.5. The van der Waals surface area contributed by atoms with Crippen LogP contribution in [0.15, 0.2) is 30.5 Å². The molecule has 1 aliphatic heterocycles. The topological polar surface area (TPSA) is 37.0 Å². The third-order valence-corrected chi connectivity index (χ3v) is 2.88. The molecule has 1 saturated heterocycles. The Balaban J connectivity index is 1.72. The van der Waals surface area contributed by atoms with Crippen LogP contribution in [0.1, 0.15) is 0 Å². The second kappa shape index (κ2) is 3.59. The standard InChI is InChI=1S/C12H14N2O/c1-2-11(15-8-9-6-13-7-9)5-12-10(1)3-4-14-12/h1-5,9,13-14H,6-8H2. The summed E-state index contributed by atoms with van der Waals surface area (Å²) in [7, 11) is 0. The van der Waals surface area contributed by atoms with Crippen molar-refractivity contribution in [2.45, 2.75) is 0 Å². The Hall–Kier alpha value is -1.48. The summed E-state index contributed by atoms with van der Waals surface area (Å²) < 4.78 is 5.73. The Morgan fingerprint density at radius 3 is 3.00 bits per heavy atom. The van der Waals surface area contributed by atoms with Gasteiger partial charge in [-0.1, -0.05) is 0 Å². The summed E-state index contributed by atoms with van der Waals surface area (Å²) in [5.74, 6) is 1.64. The highest BCUT2D eigenvalue weighted by molar-refractivity contribution is 5.80. The highest BCUT2D eigenvalue weighted by Crippen LogP contribution is 2.20. The molecule has 0 radical (unpaired) electrons. The summed E-state index contributed by atoms with van der Waals surface area (Å²) in [5.41, 5.74) is 1.14. The van der Waals surface area contributed by atoms with Crippen molar-refractivity contribution in [1.82, 2.24) is 10.3 Å². The molecule has 3 nitrogen and oxygen atoms in total. The van der Waals surface area contributed by atoms with E-state index in [1.165, 1.54) is 5.39 Å². The Kier molecular flexibility index (Phi) is 2.10. The first kappa shape index (κ1) is 8.80. The van der Waals surface area contributed by atoms with E-state index in [9.17, 15) is 0 Å².